The van der Waals surface area contributed by atoms with E-state index in [9.17, 15) is 4.79 Å². The maximum absolute atomic E-state index is 12.4. The number of hydrogen-bond donors (Lipinski definition) is 1. The molecule has 1 aliphatic rings. The largest absolute Gasteiger partial charge is 0.444 e. The molecule has 29 heavy (non-hydrogen) atoms. The Labute approximate surface area is 184 Å². The van der Waals surface area contributed by atoms with Crippen molar-refractivity contribution in [1.29, 1.82) is 0 Å². The highest BCUT2D eigenvalue weighted by molar-refractivity contribution is 7.99. The van der Waals surface area contributed by atoms with Gasteiger partial charge >= 0.3 is 6.09 Å². The van der Waals surface area contributed by atoms with Gasteiger partial charge in [-0.2, -0.15) is 21.5 Å². The number of carbonyl (C=O) groups is 1. The Hall–Kier alpha value is -1.71. The zero-order valence-corrected chi connectivity index (χ0v) is 19.2. The summed E-state index contributed by atoms with van der Waals surface area (Å²) in [6, 6.07) is 7.23. The summed E-state index contributed by atoms with van der Waals surface area (Å²) in [6.45, 7) is 5.51. The second-order valence-corrected chi connectivity index (χ2v) is 9.84. The number of amides is 1. The van der Waals surface area contributed by atoms with Gasteiger partial charge in [0.1, 0.15) is 5.60 Å². The first kappa shape index (κ1) is 22.0. The third-order valence-electron chi connectivity index (χ3n) is 3.99. The van der Waals surface area contributed by atoms with Gasteiger partial charge in [-0.1, -0.05) is 35.5 Å². The fourth-order valence-corrected chi connectivity index (χ4v) is 4.14. The first-order valence-electron chi connectivity index (χ1n) is 9.17. The molecule has 0 bridgehead atoms. The molecule has 0 aliphatic carbocycles. The molecule has 2 heterocycles. The molecule has 0 spiro atoms. The van der Waals surface area contributed by atoms with Crippen LogP contribution in [-0.2, 0) is 4.74 Å². The normalized spacial score (nSPS) is 14.7. The summed E-state index contributed by atoms with van der Waals surface area (Å²) in [4.78, 5) is 12.4. The maximum Gasteiger partial charge on any atom is 0.408 e. The highest BCUT2D eigenvalue weighted by atomic mass is 35.5. The average Bonchev–Trinajstić information content (AvgIpc) is 3.07. The van der Waals surface area contributed by atoms with Crippen molar-refractivity contribution >= 4 is 46.9 Å². The summed E-state index contributed by atoms with van der Waals surface area (Å²) in [5.74, 6) is 2.14. The zero-order valence-electron chi connectivity index (χ0n) is 16.8. The molecule has 2 aromatic rings. The van der Waals surface area contributed by atoms with E-state index < -0.39 is 11.7 Å². The highest BCUT2D eigenvalue weighted by Crippen LogP contribution is 2.28. The molecule has 1 aromatic carbocycles. The van der Waals surface area contributed by atoms with Crippen molar-refractivity contribution < 1.29 is 9.53 Å². The third-order valence-corrected chi connectivity index (χ3v) is 5.81. The van der Waals surface area contributed by atoms with Gasteiger partial charge in [0.2, 0.25) is 5.16 Å². The summed E-state index contributed by atoms with van der Waals surface area (Å²) in [6.07, 6.45) is 2.23. The van der Waals surface area contributed by atoms with Crippen molar-refractivity contribution in [3.05, 3.63) is 40.7 Å². The summed E-state index contributed by atoms with van der Waals surface area (Å²) in [5, 5.41) is 17.7. The minimum atomic E-state index is -0.575. The van der Waals surface area contributed by atoms with E-state index in [0.29, 0.717) is 28.2 Å². The molecule has 0 saturated heterocycles. The molecule has 3 rings (SSSR count). The van der Waals surface area contributed by atoms with Crippen LogP contribution in [0.15, 0.2) is 34.5 Å². The first-order chi connectivity index (χ1) is 13.8. The molecule has 1 aromatic heterocycles. The van der Waals surface area contributed by atoms with Crippen LogP contribution < -0.4 is 5.32 Å². The highest BCUT2D eigenvalue weighted by Gasteiger charge is 2.28. The van der Waals surface area contributed by atoms with Gasteiger partial charge in [0.15, 0.2) is 5.82 Å². The van der Waals surface area contributed by atoms with E-state index >= 15 is 0 Å². The molecule has 1 aliphatic heterocycles. The van der Waals surface area contributed by atoms with Gasteiger partial charge in [0, 0.05) is 10.8 Å². The Morgan fingerprint density at radius 2 is 2.07 bits per heavy atom. The van der Waals surface area contributed by atoms with Gasteiger partial charge in [-0.25, -0.2) is 4.79 Å². The second kappa shape index (κ2) is 9.40. The summed E-state index contributed by atoms with van der Waals surface area (Å²) >= 11 is 9.26. The number of halogens is 1. The molecule has 1 N–H and O–H groups in total. The van der Waals surface area contributed by atoms with E-state index in [1.807, 2.05) is 51.3 Å². The number of thioether (sulfide) groups is 2. The first-order valence-corrected chi connectivity index (χ1v) is 11.9. The standard InChI is InChI=1S/C19H24ClN5O2S2/c1-19(2,3)27-18(26)21-14(9-10-28-4)16-22-23-17-25(16)24-15(11-29-17)12-5-7-13(20)8-6-12/h5-8,14H,9-11H2,1-4H3,(H,21,26). The van der Waals surface area contributed by atoms with Gasteiger partial charge in [-0.05, 0) is 56.9 Å². The Morgan fingerprint density at radius 3 is 2.72 bits per heavy atom. The van der Waals surface area contributed by atoms with Crippen molar-refractivity contribution in [2.75, 3.05) is 17.8 Å². The van der Waals surface area contributed by atoms with Gasteiger partial charge in [0.05, 0.1) is 11.8 Å². The molecule has 0 radical (unpaired) electrons. The van der Waals surface area contributed by atoms with Crippen LogP contribution in [0, 0.1) is 0 Å². The number of benzene rings is 1. The van der Waals surface area contributed by atoms with Gasteiger partial charge in [-0.15, -0.1) is 10.2 Å². The summed E-state index contributed by atoms with van der Waals surface area (Å²) in [7, 11) is 0. The molecule has 0 fully saturated rings. The van der Waals surface area contributed by atoms with Gasteiger partial charge in [0.25, 0.3) is 0 Å². The third kappa shape index (κ3) is 5.90. The number of ether oxygens (including phenoxy) is 1. The monoisotopic (exact) mass is 453 g/mol. The Morgan fingerprint density at radius 1 is 1.34 bits per heavy atom. The lowest BCUT2D eigenvalue weighted by atomic mass is 10.1. The zero-order chi connectivity index (χ0) is 21.0. The number of nitrogens with zero attached hydrogens (tertiary/aromatic N) is 4. The van der Waals surface area contributed by atoms with E-state index in [2.05, 4.69) is 15.5 Å². The molecular formula is C19H24ClN5O2S2. The fourth-order valence-electron chi connectivity index (χ4n) is 2.70. The van der Waals surface area contributed by atoms with E-state index in [-0.39, 0.29) is 6.04 Å². The number of fused-ring (bicyclic) bond motifs is 1. The van der Waals surface area contributed by atoms with Crippen LogP contribution in [0.1, 0.15) is 44.6 Å². The van der Waals surface area contributed by atoms with Crippen molar-refractivity contribution in [3.8, 4) is 0 Å². The Kier molecular flexibility index (Phi) is 7.13. The number of alkyl carbamates (subject to hydrolysis) is 1. The predicted molar refractivity (Wildman–Crippen MR) is 119 cm³/mol. The lowest BCUT2D eigenvalue weighted by Crippen LogP contribution is -2.36. The SMILES string of the molecule is CSCCC(NC(=O)OC(C)(C)C)c1nnc2n1N=C(c1ccc(Cl)cc1)CS2. The second-order valence-electron chi connectivity index (χ2n) is 7.48. The number of nitrogens with one attached hydrogen (secondary N) is 1. The molecule has 156 valence electrons. The predicted octanol–water partition coefficient (Wildman–Crippen LogP) is 4.61. The average molecular weight is 454 g/mol. The van der Waals surface area contributed by atoms with E-state index in [1.165, 1.54) is 0 Å². The number of carbonyl (C=O) groups excluding carboxylic acids is 1. The fraction of sp³-hybridized carbons (Fsp3) is 0.474. The maximum atomic E-state index is 12.4. The lowest BCUT2D eigenvalue weighted by Gasteiger charge is -2.23. The van der Waals surface area contributed by atoms with Crippen LogP contribution in [0.5, 0.6) is 0 Å². The molecular weight excluding hydrogens is 430 g/mol. The van der Waals surface area contributed by atoms with Crippen LogP contribution in [0.2, 0.25) is 5.02 Å². The van der Waals surface area contributed by atoms with E-state index in [1.54, 1.807) is 28.2 Å². The smallest absolute Gasteiger partial charge is 0.408 e. The van der Waals surface area contributed by atoms with Crippen LogP contribution in [0.4, 0.5) is 4.79 Å². The van der Waals surface area contributed by atoms with Crippen LogP contribution in [0.3, 0.4) is 0 Å². The molecule has 10 heteroatoms. The van der Waals surface area contributed by atoms with Crippen molar-refractivity contribution in [2.45, 2.75) is 44.0 Å². The minimum Gasteiger partial charge on any atom is -0.444 e. The summed E-state index contributed by atoms with van der Waals surface area (Å²) < 4.78 is 7.15. The van der Waals surface area contributed by atoms with Crippen molar-refractivity contribution in [1.82, 2.24) is 20.2 Å². The number of rotatable bonds is 6. The van der Waals surface area contributed by atoms with Crippen LogP contribution >= 0.6 is 35.1 Å². The van der Waals surface area contributed by atoms with Crippen molar-refractivity contribution in [3.63, 3.8) is 0 Å². The Balaban J connectivity index is 1.88. The quantitative estimate of drug-likeness (QED) is 0.687. The van der Waals surface area contributed by atoms with Crippen LogP contribution in [0.25, 0.3) is 0 Å². The van der Waals surface area contributed by atoms with Gasteiger partial charge in [-0.3, -0.25) is 0 Å². The minimum absolute atomic E-state index is 0.354. The molecule has 0 saturated carbocycles. The van der Waals surface area contributed by atoms with Crippen LogP contribution in [-0.4, -0.2) is 50.0 Å². The summed E-state index contributed by atoms with van der Waals surface area (Å²) in [5.41, 5.74) is 1.32. The Bertz CT molecular complexity index is 893. The van der Waals surface area contributed by atoms with E-state index in [0.717, 1.165) is 17.0 Å². The number of aromatic nitrogens is 3. The topological polar surface area (TPSA) is 81.4 Å². The molecule has 1 atom stereocenters. The lowest BCUT2D eigenvalue weighted by molar-refractivity contribution is 0.0499. The molecule has 1 unspecified atom stereocenters. The molecule has 7 nitrogen and oxygen atoms in total. The van der Waals surface area contributed by atoms with Crippen molar-refractivity contribution in [2.24, 2.45) is 5.10 Å². The van der Waals surface area contributed by atoms with E-state index in [4.69, 9.17) is 21.4 Å². The molecule has 1 amide bonds. The number of hydrogen-bond acceptors (Lipinski definition) is 7. The van der Waals surface area contributed by atoms with Gasteiger partial charge < -0.3 is 10.1 Å².